The van der Waals surface area contributed by atoms with Gasteiger partial charge in [0.05, 0.1) is 0 Å². The molecule has 0 aromatic heterocycles. The van der Waals surface area contributed by atoms with E-state index in [0.29, 0.717) is 0 Å². The van der Waals surface area contributed by atoms with Crippen LogP contribution in [-0.4, -0.2) is 18.4 Å². The Hall–Kier alpha value is -2.26. The molecule has 0 spiro atoms. The molecular weight excluding hydrogens is 410 g/mol. The molecule has 0 radical (unpaired) electrons. The minimum Gasteiger partial charge on any atom is -0.457 e. The van der Waals surface area contributed by atoms with Gasteiger partial charge in [-0.1, -0.05) is 58.9 Å². The molecule has 2 nitrogen and oxygen atoms in total. The second-order valence-electron chi connectivity index (χ2n) is 7.80. The Morgan fingerprint density at radius 2 is 1.89 bits per heavy atom. The molecule has 28 heavy (non-hydrogen) atoms. The van der Waals surface area contributed by atoms with Crippen LogP contribution in [0.2, 0.25) is 0 Å². The molecule has 0 N–H and O–H groups in total. The van der Waals surface area contributed by atoms with Gasteiger partial charge in [0.1, 0.15) is 11.5 Å². The zero-order valence-corrected chi connectivity index (χ0v) is 17.5. The first-order chi connectivity index (χ1) is 13.8. The third-order valence-electron chi connectivity index (χ3n) is 5.93. The molecule has 1 saturated heterocycles. The quantitative estimate of drug-likeness (QED) is 0.336. The number of halogens is 1. The highest BCUT2D eigenvalue weighted by molar-refractivity contribution is 9.09. The van der Waals surface area contributed by atoms with Crippen LogP contribution in [0.1, 0.15) is 41.0 Å². The van der Waals surface area contributed by atoms with E-state index in [1.165, 1.54) is 46.4 Å². The molecule has 0 saturated carbocycles. The summed E-state index contributed by atoms with van der Waals surface area (Å²) in [6, 6.07) is 11.4. The third kappa shape index (κ3) is 3.22. The van der Waals surface area contributed by atoms with Gasteiger partial charge in [0.15, 0.2) is 0 Å². The molecule has 0 bridgehead atoms. The van der Waals surface area contributed by atoms with Gasteiger partial charge in [0.2, 0.25) is 0 Å². The predicted octanol–water partition coefficient (Wildman–Crippen LogP) is 6.49. The fourth-order valence-corrected chi connectivity index (χ4v) is 4.71. The smallest absolute Gasteiger partial charge is 0.133 e. The number of rotatable bonds is 5. The lowest BCUT2D eigenvalue weighted by Crippen LogP contribution is -2.18. The van der Waals surface area contributed by atoms with Gasteiger partial charge >= 0.3 is 0 Å². The van der Waals surface area contributed by atoms with Crippen molar-refractivity contribution < 1.29 is 4.74 Å². The summed E-state index contributed by atoms with van der Waals surface area (Å²) in [5.74, 6) is 2.23. The van der Waals surface area contributed by atoms with Gasteiger partial charge in [-0.2, -0.15) is 0 Å². The maximum absolute atomic E-state index is 6.42. The Morgan fingerprint density at radius 3 is 2.68 bits per heavy atom. The van der Waals surface area contributed by atoms with Crippen LogP contribution in [0.15, 0.2) is 66.8 Å². The summed E-state index contributed by atoms with van der Waals surface area (Å²) in [5, 5.41) is 0.816. The standard InChI is InChI=1S/C25H24BrNO/c1-2-3-6-17(16-26)11-22-21-8-7-20(27-9-4-5-10-27)15-25(21)28-24-14-19-12-18(19)13-23(22)24/h2-3,6-8,11,13-15,22H,1,4-5,9-10,12,16H2/b6-3-,17-11-. The average Bonchev–Trinajstić information content (AvgIpc) is 3.25. The van der Waals surface area contributed by atoms with Crippen LogP contribution < -0.4 is 9.64 Å². The summed E-state index contributed by atoms with van der Waals surface area (Å²) in [4.78, 5) is 2.47. The van der Waals surface area contributed by atoms with Gasteiger partial charge in [0, 0.05) is 47.2 Å². The van der Waals surface area contributed by atoms with Crippen molar-refractivity contribution in [2.45, 2.75) is 25.2 Å². The topological polar surface area (TPSA) is 12.5 Å². The summed E-state index contributed by atoms with van der Waals surface area (Å²) in [6.45, 7) is 6.09. The molecule has 2 aromatic carbocycles. The van der Waals surface area contributed by atoms with Crippen LogP contribution in [0.25, 0.3) is 0 Å². The maximum Gasteiger partial charge on any atom is 0.133 e. The van der Waals surface area contributed by atoms with Gasteiger partial charge in [-0.3, -0.25) is 0 Å². The van der Waals surface area contributed by atoms with Crippen LogP contribution in [0.4, 0.5) is 5.69 Å². The maximum atomic E-state index is 6.42. The van der Waals surface area contributed by atoms with E-state index in [0.717, 1.165) is 36.3 Å². The molecule has 142 valence electrons. The lowest BCUT2D eigenvalue weighted by atomic mass is 9.86. The van der Waals surface area contributed by atoms with Crippen molar-refractivity contribution in [3.8, 4) is 11.5 Å². The Kier molecular flexibility index (Phi) is 4.64. The summed E-state index contributed by atoms with van der Waals surface area (Å²) in [5.41, 5.74) is 7.94. The molecule has 1 atom stereocenters. The normalized spacial score (nSPS) is 19.8. The molecule has 3 heteroatoms. The Bertz CT molecular complexity index is 998. The van der Waals surface area contributed by atoms with Crippen LogP contribution in [0.3, 0.4) is 0 Å². The number of anilines is 1. The van der Waals surface area contributed by atoms with Crippen LogP contribution >= 0.6 is 15.9 Å². The van der Waals surface area contributed by atoms with Gasteiger partial charge in [0.25, 0.3) is 0 Å². The Labute approximate surface area is 175 Å². The number of nitrogens with zero attached hydrogens (tertiary/aromatic N) is 1. The predicted molar refractivity (Wildman–Crippen MR) is 120 cm³/mol. The molecule has 1 unspecified atom stereocenters. The summed E-state index contributed by atoms with van der Waals surface area (Å²) in [7, 11) is 0. The van der Waals surface area contributed by atoms with E-state index in [1.54, 1.807) is 0 Å². The number of benzene rings is 2. The Balaban J connectivity index is 1.60. The van der Waals surface area contributed by atoms with Crippen molar-refractivity contribution in [3.63, 3.8) is 0 Å². The van der Waals surface area contributed by atoms with Crippen molar-refractivity contribution >= 4 is 21.6 Å². The molecule has 2 aromatic rings. The molecule has 5 rings (SSSR count). The van der Waals surface area contributed by atoms with E-state index < -0.39 is 0 Å². The van der Waals surface area contributed by atoms with Crippen LogP contribution in [0, 0.1) is 0 Å². The fraction of sp³-hybridized carbons (Fsp3) is 0.280. The first kappa shape index (κ1) is 17.8. The first-order valence-corrected chi connectivity index (χ1v) is 11.2. The molecule has 3 aliphatic rings. The van der Waals surface area contributed by atoms with Crippen molar-refractivity contribution in [1.82, 2.24) is 0 Å². The number of alkyl halides is 1. The number of hydrogen-bond acceptors (Lipinski definition) is 2. The van der Waals surface area contributed by atoms with Gasteiger partial charge in [-0.25, -0.2) is 0 Å². The number of hydrogen-bond donors (Lipinski definition) is 0. The molecule has 1 fully saturated rings. The van der Waals surface area contributed by atoms with E-state index in [1.807, 2.05) is 12.2 Å². The zero-order valence-electron chi connectivity index (χ0n) is 16.0. The van der Waals surface area contributed by atoms with Gasteiger partial charge in [-0.15, -0.1) is 0 Å². The molecular formula is C25H24BrNO. The number of allylic oxidation sites excluding steroid dienone is 5. The monoisotopic (exact) mass is 433 g/mol. The molecule has 2 aliphatic heterocycles. The van der Waals surface area contributed by atoms with Crippen molar-refractivity contribution in [2.75, 3.05) is 23.3 Å². The lowest BCUT2D eigenvalue weighted by Gasteiger charge is -2.28. The SMILES string of the molecule is C=C/C=C\C(=C\C1c2ccc(N3CCCC3)cc2Oc2cc3c(cc21)C3)CBr. The van der Waals surface area contributed by atoms with Crippen LogP contribution in [-0.2, 0) is 6.42 Å². The van der Waals surface area contributed by atoms with Gasteiger partial charge in [-0.05, 0) is 48.1 Å². The summed E-state index contributed by atoms with van der Waals surface area (Å²) in [6.07, 6.45) is 12.0. The molecule has 1 aliphatic carbocycles. The fourth-order valence-electron chi connectivity index (χ4n) is 4.34. The second-order valence-corrected chi connectivity index (χ2v) is 8.36. The van der Waals surface area contributed by atoms with E-state index >= 15 is 0 Å². The highest BCUT2D eigenvalue weighted by Gasteiger charge is 2.31. The van der Waals surface area contributed by atoms with E-state index in [9.17, 15) is 0 Å². The van der Waals surface area contributed by atoms with Crippen molar-refractivity contribution in [1.29, 1.82) is 0 Å². The van der Waals surface area contributed by atoms with E-state index in [2.05, 4.69) is 69.9 Å². The summed E-state index contributed by atoms with van der Waals surface area (Å²) < 4.78 is 6.42. The number of ether oxygens (including phenoxy) is 1. The highest BCUT2D eigenvalue weighted by atomic mass is 79.9. The largest absolute Gasteiger partial charge is 0.457 e. The van der Waals surface area contributed by atoms with Crippen molar-refractivity contribution in [2.24, 2.45) is 0 Å². The first-order valence-electron chi connectivity index (χ1n) is 10.0. The minimum atomic E-state index is 0.208. The third-order valence-corrected chi connectivity index (χ3v) is 6.58. The molecule has 0 amide bonds. The van der Waals surface area contributed by atoms with Gasteiger partial charge < -0.3 is 9.64 Å². The highest BCUT2D eigenvalue weighted by Crippen LogP contribution is 2.49. The van der Waals surface area contributed by atoms with Crippen LogP contribution in [0.5, 0.6) is 11.5 Å². The second kappa shape index (κ2) is 7.29. The number of fused-ring (bicyclic) bond motifs is 3. The van der Waals surface area contributed by atoms with Crippen molar-refractivity contribution in [3.05, 3.63) is 89.0 Å². The summed E-state index contributed by atoms with van der Waals surface area (Å²) >= 11 is 3.64. The lowest BCUT2D eigenvalue weighted by molar-refractivity contribution is 0.454. The van der Waals surface area contributed by atoms with E-state index in [-0.39, 0.29) is 5.92 Å². The zero-order chi connectivity index (χ0) is 19.1. The van der Waals surface area contributed by atoms with E-state index in [4.69, 9.17) is 4.74 Å². The molecule has 2 heterocycles. The Morgan fingerprint density at radius 1 is 1.11 bits per heavy atom. The minimum absolute atomic E-state index is 0.208. The average molecular weight is 434 g/mol.